The van der Waals surface area contributed by atoms with Crippen molar-refractivity contribution in [2.75, 3.05) is 5.43 Å². The predicted molar refractivity (Wildman–Crippen MR) is 68.9 cm³/mol. The summed E-state index contributed by atoms with van der Waals surface area (Å²) in [4.78, 5) is 11.7. The molecule has 0 unspecified atom stereocenters. The first-order valence-electron chi connectivity index (χ1n) is 5.23. The third kappa shape index (κ3) is 2.99. The van der Waals surface area contributed by atoms with Crippen molar-refractivity contribution in [3.8, 4) is 0 Å². The lowest BCUT2D eigenvalue weighted by Gasteiger charge is -2.08. The molecule has 2 aromatic carbocycles. The van der Waals surface area contributed by atoms with Gasteiger partial charge in [0, 0.05) is 5.56 Å². The second-order valence-electron chi connectivity index (χ2n) is 3.57. The number of carbonyl (C=O) groups is 1. The van der Waals surface area contributed by atoms with Gasteiger partial charge >= 0.3 is 0 Å². The molecule has 2 aromatic rings. The third-order valence-electron chi connectivity index (χ3n) is 2.28. The molecule has 5 heteroatoms. The zero-order valence-electron chi connectivity index (χ0n) is 9.28. The van der Waals surface area contributed by atoms with Crippen molar-refractivity contribution in [3.63, 3.8) is 0 Å². The summed E-state index contributed by atoms with van der Waals surface area (Å²) in [5, 5.41) is -0.0811. The average molecular weight is 265 g/mol. The summed E-state index contributed by atoms with van der Waals surface area (Å²) in [5.74, 6) is -0.940. The highest BCUT2D eigenvalue weighted by Gasteiger charge is 2.08. The quantitative estimate of drug-likeness (QED) is 0.836. The highest BCUT2D eigenvalue weighted by atomic mass is 35.5. The number of hydrogen-bond acceptors (Lipinski definition) is 2. The second kappa shape index (κ2) is 5.51. The molecule has 0 fully saturated rings. The Morgan fingerprint density at radius 3 is 2.50 bits per heavy atom. The van der Waals surface area contributed by atoms with Gasteiger partial charge < -0.3 is 0 Å². The van der Waals surface area contributed by atoms with Gasteiger partial charge in [0.05, 0.1) is 10.7 Å². The van der Waals surface area contributed by atoms with Crippen molar-refractivity contribution in [2.45, 2.75) is 0 Å². The number of anilines is 1. The van der Waals surface area contributed by atoms with Crippen molar-refractivity contribution in [1.29, 1.82) is 0 Å². The van der Waals surface area contributed by atoms with Crippen molar-refractivity contribution < 1.29 is 9.18 Å². The summed E-state index contributed by atoms with van der Waals surface area (Å²) < 4.78 is 12.9. The lowest BCUT2D eigenvalue weighted by molar-refractivity contribution is 0.0962. The molecule has 0 heterocycles. The summed E-state index contributed by atoms with van der Waals surface area (Å²) in [5.41, 5.74) is 6.26. The Balaban J connectivity index is 2.02. The molecule has 0 aliphatic carbocycles. The fourth-order valence-electron chi connectivity index (χ4n) is 1.36. The SMILES string of the molecule is O=C(NNc1ccccc1)c1ccc(F)c(Cl)c1. The average Bonchev–Trinajstić information content (AvgIpc) is 2.40. The van der Waals surface area contributed by atoms with E-state index in [1.807, 2.05) is 18.2 Å². The highest BCUT2D eigenvalue weighted by molar-refractivity contribution is 6.31. The molecule has 0 aliphatic rings. The van der Waals surface area contributed by atoms with E-state index >= 15 is 0 Å². The zero-order valence-corrected chi connectivity index (χ0v) is 10.0. The van der Waals surface area contributed by atoms with Crippen molar-refractivity contribution in [3.05, 3.63) is 64.9 Å². The van der Waals surface area contributed by atoms with Gasteiger partial charge in [-0.1, -0.05) is 29.8 Å². The van der Waals surface area contributed by atoms with E-state index in [1.54, 1.807) is 12.1 Å². The van der Waals surface area contributed by atoms with Gasteiger partial charge in [0.25, 0.3) is 5.91 Å². The lowest BCUT2D eigenvalue weighted by Crippen LogP contribution is -2.29. The van der Waals surface area contributed by atoms with Crippen LogP contribution in [0.2, 0.25) is 5.02 Å². The molecule has 0 radical (unpaired) electrons. The topological polar surface area (TPSA) is 41.1 Å². The fourth-order valence-corrected chi connectivity index (χ4v) is 1.54. The van der Waals surface area contributed by atoms with Crippen LogP contribution in [0.25, 0.3) is 0 Å². The van der Waals surface area contributed by atoms with Crippen molar-refractivity contribution >= 4 is 23.2 Å². The zero-order chi connectivity index (χ0) is 13.0. The Hall–Kier alpha value is -2.07. The number of hydrogen-bond donors (Lipinski definition) is 2. The Morgan fingerprint density at radius 1 is 1.11 bits per heavy atom. The van der Waals surface area contributed by atoms with Crippen LogP contribution in [0, 0.1) is 5.82 Å². The van der Waals surface area contributed by atoms with Gasteiger partial charge in [-0.25, -0.2) is 4.39 Å². The Labute approximate surface area is 109 Å². The van der Waals surface area contributed by atoms with E-state index in [9.17, 15) is 9.18 Å². The third-order valence-corrected chi connectivity index (χ3v) is 2.57. The molecule has 0 aliphatic heterocycles. The molecule has 1 amide bonds. The van der Waals surface area contributed by atoms with Crippen LogP contribution >= 0.6 is 11.6 Å². The van der Waals surface area contributed by atoms with E-state index < -0.39 is 5.82 Å². The Kier molecular flexibility index (Phi) is 3.79. The van der Waals surface area contributed by atoms with Gasteiger partial charge in [0.15, 0.2) is 0 Å². The van der Waals surface area contributed by atoms with Gasteiger partial charge in [-0.2, -0.15) is 0 Å². The van der Waals surface area contributed by atoms with Crippen LogP contribution in [0.4, 0.5) is 10.1 Å². The standard InChI is InChI=1S/C13H10ClFN2O/c14-11-8-9(6-7-12(11)15)13(18)17-16-10-4-2-1-3-5-10/h1-8,16H,(H,17,18). The van der Waals surface area contributed by atoms with E-state index in [0.717, 1.165) is 11.8 Å². The van der Waals surface area contributed by atoms with Crippen LogP contribution in [0.5, 0.6) is 0 Å². The molecule has 2 N–H and O–H groups in total. The maximum atomic E-state index is 12.9. The molecule has 3 nitrogen and oxygen atoms in total. The van der Waals surface area contributed by atoms with Gasteiger partial charge in [-0.15, -0.1) is 0 Å². The number of rotatable bonds is 3. The number of amides is 1. The molecule has 0 spiro atoms. The summed E-state index contributed by atoms with van der Waals surface area (Å²) in [6.45, 7) is 0. The summed E-state index contributed by atoms with van der Waals surface area (Å²) >= 11 is 5.60. The summed E-state index contributed by atoms with van der Waals surface area (Å²) in [7, 11) is 0. The minimum absolute atomic E-state index is 0.0811. The second-order valence-corrected chi connectivity index (χ2v) is 3.98. The first-order chi connectivity index (χ1) is 8.66. The van der Waals surface area contributed by atoms with Gasteiger partial charge in [0.1, 0.15) is 5.82 Å². The molecule has 0 aromatic heterocycles. The van der Waals surface area contributed by atoms with Crippen molar-refractivity contribution in [1.82, 2.24) is 5.43 Å². The minimum Gasteiger partial charge on any atom is -0.298 e. The van der Waals surface area contributed by atoms with E-state index in [-0.39, 0.29) is 16.5 Å². The van der Waals surface area contributed by atoms with Crippen LogP contribution in [-0.4, -0.2) is 5.91 Å². The number of para-hydroxylation sites is 1. The first kappa shape index (κ1) is 12.4. The minimum atomic E-state index is -0.552. The number of carbonyl (C=O) groups excluding carboxylic acids is 1. The lowest BCUT2D eigenvalue weighted by atomic mass is 10.2. The molecule has 0 bridgehead atoms. The molecular formula is C13H10ClFN2O. The number of hydrazine groups is 1. The van der Waals surface area contributed by atoms with Gasteiger partial charge in [-0.05, 0) is 30.3 Å². The maximum Gasteiger partial charge on any atom is 0.269 e. The first-order valence-corrected chi connectivity index (χ1v) is 5.61. The molecule has 2 rings (SSSR count). The van der Waals surface area contributed by atoms with E-state index in [4.69, 9.17) is 11.6 Å². The number of halogens is 2. The molecule has 18 heavy (non-hydrogen) atoms. The normalized spacial score (nSPS) is 9.89. The van der Waals surface area contributed by atoms with Crippen molar-refractivity contribution in [2.24, 2.45) is 0 Å². The Bertz CT molecular complexity index is 560. The van der Waals surface area contributed by atoms with Crippen LogP contribution < -0.4 is 10.9 Å². The fraction of sp³-hybridized carbons (Fsp3) is 0. The molecule has 92 valence electrons. The molecule has 0 atom stereocenters. The molecule has 0 saturated heterocycles. The van der Waals surface area contributed by atoms with Gasteiger partial charge in [-0.3, -0.25) is 15.6 Å². The predicted octanol–water partition coefficient (Wildman–Crippen LogP) is 3.24. The van der Waals surface area contributed by atoms with Crippen LogP contribution in [0.1, 0.15) is 10.4 Å². The van der Waals surface area contributed by atoms with E-state index in [0.29, 0.717) is 0 Å². The van der Waals surface area contributed by atoms with Gasteiger partial charge in [0.2, 0.25) is 0 Å². The van der Waals surface area contributed by atoms with Crippen LogP contribution in [0.15, 0.2) is 48.5 Å². The Morgan fingerprint density at radius 2 is 1.83 bits per heavy atom. The number of nitrogens with one attached hydrogen (secondary N) is 2. The smallest absolute Gasteiger partial charge is 0.269 e. The van der Waals surface area contributed by atoms with E-state index in [2.05, 4.69) is 10.9 Å². The summed E-state index contributed by atoms with van der Waals surface area (Å²) in [6, 6.07) is 12.9. The molecule has 0 saturated carbocycles. The monoisotopic (exact) mass is 264 g/mol. The molecular weight excluding hydrogens is 255 g/mol. The van der Waals surface area contributed by atoms with E-state index in [1.165, 1.54) is 12.1 Å². The van der Waals surface area contributed by atoms with Crippen LogP contribution in [-0.2, 0) is 0 Å². The van der Waals surface area contributed by atoms with Crippen LogP contribution in [0.3, 0.4) is 0 Å². The summed E-state index contributed by atoms with van der Waals surface area (Å²) in [6.07, 6.45) is 0. The highest BCUT2D eigenvalue weighted by Crippen LogP contribution is 2.15. The largest absolute Gasteiger partial charge is 0.298 e. The number of benzene rings is 2. The maximum absolute atomic E-state index is 12.9.